The highest BCUT2D eigenvalue weighted by Crippen LogP contribution is 2.29. The van der Waals surface area contributed by atoms with E-state index in [-0.39, 0.29) is 5.97 Å². The van der Waals surface area contributed by atoms with Crippen LogP contribution in [0.5, 0.6) is 5.75 Å². The number of carbonyl (C=O) groups is 1. The van der Waals surface area contributed by atoms with E-state index in [1.807, 2.05) is 32.9 Å². The lowest BCUT2D eigenvalue weighted by molar-refractivity contribution is -0.156. The van der Waals surface area contributed by atoms with Gasteiger partial charge in [0.2, 0.25) is 0 Å². The van der Waals surface area contributed by atoms with Crippen molar-refractivity contribution in [2.75, 3.05) is 0 Å². The molecule has 3 heteroatoms. The monoisotopic (exact) mass is 276 g/mol. The predicted molar refractivity (Wildman–Crippen MR) is 78.7 cm³/mol. The van der Waals surface area contributed by atoms with Gasteiger partial charge in [0.25, 0.3) is 0 Å². The van der Waals surface area contributed by atoms with Crippen molar-refractivity contribution in [1.29, 1.82) is 0 Å². The quantitative estimate of drug-likeness (QED) is 0.663. The molecule has 0 heterocycles. The van der Waals surface area contributed by atoms with Gasteiger partial charge in [-0.15, -0.1) is 0 Å². The maximum absolute atomic E-state index is 11.9. The average molecular weight is 276 g/mol. The highest BCUT2D eigenvalue weighted by atomic mass is 16.6. The Hall–Kier alpha value is -1.51. The van der Waals surface area contributed by atoms with E-state index in [1.165, 1.54) is 11.1 Å². The summed E-state index contributed by atoms with van der Waals surface area (Å²) in [4.78, 5) is 11.9. The number of esters is 1. The summed E-state index contributed by atoms with van der Waals surface area (Å²) in [6.45, 7) is 5.70. The maximum atomic E-state index is 11.9. The van der Waals surface area contributed by atoms with Gasteiger partial charge in [0, 0.05) is 6.42 Å². The van der Waals surface area contributed by atoms with Gasteiger partial charge in [-0.2, -0.15) is 0 Å². The van der Waals surface area contributed by atoms with Gasteiger partial charge in [-0.25, -0.2) is 0 Å². The van der Waals surface area contributed by atoms with E-state index in [9.17, 15) is 9.90 Å². The van der Waals surface area contributed by atoms with Crippen LogP contribution in [0, 0.1) is 5.92 Å². The van der Waals surface area contributed by atoms with E-state index in [2.05, 4.69) is 0 Å². The highest BCUT2D eigenvalue weighted by molar-refractivity contribution is 5.70. The lowest BCUT2D eigenvalue weighted by atomic mass is 9.96. The Balaban J connectivity index is 1.94. The van der Waals surface area contributed by atoms with Crippen molar-refractivity contribution < 1.29 is 14.6 Å². The van der Waals surface area contributed by atoms with E-state index >= 15 is 0 Å². The minimum atomic E-state index is -0.406. The van der Waals surface area contributed by atoms with Crippen LogP contribution in [-0.4, -0.2) is 16.7 Å². The highest BCUT2D eigenvalue weighted by Gasteiger charge is 2.22. The van der Waals surface area contributed by atoms with Crippen molar-refractivity contribution in [2.45, 2.75) is 58.5 Å². The fraction of sp³-hybridized carbons (Fsp3) is 0.588. The number of benzene rings is 1. The van der Waals surface area contributed by atoms with Crippen LogP contribution in [0.4, 0.5) is 0 Å². The Kier molecular flexibility index (Phi) is 4.36. The molecule has 1 aliphatic carbocycles. The molecule has 1 N–H and O–H groups in total. The minimum absolute atomic E-state index is 0.101. The van der Waals surface area contributed by atoms with Gasteiger partial charge in [-0.1, -0.05) is 6.07 Å². The normalized spacial score (nSPS) is 19.1. The van der Waals surface area contributed by atoms with E-state index < -0.39 is 5.60 Å². The summed E-state index contributed by atoms with van der Waals surface area (Å²) < 4.78 is 5.40. The number of ether oxygens (including phenoxy) is 1. The van der Waals surface area contributed by atoms with Gasteiger partial charge in [0.1, 0.15) is 11.4 Å². The predicted octanol–water partition coefficient (Wildman–Crippen LogP) is 3.62. The number of aromatic hydroxyl groups is 1. The standard InChI is InChI=1S/C17H24O3/c1-17(2,3)20-16(19)10-12-4-6-13-8-9-15(18)11-14(13)7-5-12/h8-9,11-12,18H,4-7,10H2,1-3H3. The van der Waals surface area contributed by atoms with Gasteiger partial charge >= 0.3 is 5.97 Å². The van der Waals surface area contributed by atoms with Gasteiger partial charge in [-0.3, -0.25) is 4.79 Å². The Morgan fingerprint density at radius 3 is 2.55 bits per heavy atom. The molecule has 0 saturated carbocycles. The van der Waals surface area contributed by atoms with Crippen LogP contribution in [-0.2, 0) is 22.4 Å². The zero-order valence-electron chi connectivity index (χ0n) is 12.6. The number of fused-ring (bicyclic) bond motifs is 1. The van der Waals surface area contributed by atoms with Crippen molar-refractivity contribution in [3.05, 3.63) is 29.3 Å². The summed E-state index contributed by atoms with van der Waals surface area (Å²) in [6, 6.07) is 5.60. The first-order valence-corrected chi connectivity index (χ1v) is 7.36. The molecule has 3 nitrogen and oxygen atoms in total. The Bertz CT molecular complexity index is 485. The minimum Gasteiger partial charge on any atom is -0.508 e. The topological polar surface area (TPSA) is 46.5 Å². The summed E-state index contributed by atoms with van der Waals surface area (Å²) in [7, 11) is 0. The second kappa shape index (κ2) is 5.86. The van der Waals surface area contributed by atoms with E-state index in [0.29, 0.717) is 18.1 Å². The van der Waals surface area contributed by atoms with Crippen molar-refractivity contribution in [2.24, 2.45) is 5.92 Å². The smallest absolute Gasteiger partial charge is 0.306 e. The molecule has 1 aromatic carbocycles. The molecule has 2 rings (SSSR count). The van der Waals surface area contributed by atoms with Gasteiger partial charge in [0.15, 0.2) is 0 Å². The molecule has 0 aliphatic heterocycles. The third-order valence-corrected chi connectivity index (χ3v) is 3.71. The molecule has 0 amide bonds. The van der Waals surface area contributed by atoms with Crippen molar-refractivity contribution >= 4 is 5.97 Å². The van der Waals surface area contributed by atoms with Crippen LogP contribution in [0.1, 0.15) is 51.2 Å². The molecule has 0 saturated heterocycles. The molecule has 20 heavy (non-hydrogen) atoms. The Morgan fingerprint density at radius 2 is 1.90 bits per heavy atom. The molecule has 1 aliphatic rings. The number of aryl methyl sites for hydroxylation is 2. The Morgan fingerprint density at radius 1 is 1.25 bits per heavy atom. The largest absolute Gasteiger partial charge is 0.508 e. The molecule has 0 spiro atoms. The summed E-state index contributed by atoms with van der Waals surface area (Å²) >= 11 is 0. The SMILES string of the molecule is CC(C)(C)OC(=O)CC1CCc2ccc(O)cc2CC1. The fourth-order valence-electron chi connectivity index (χ4n) is 2.78. The molecule has 0 fully saturated rings. The zero-order valence-corrected chi connectivity index (χ0v) is 12.6. The summed E-state index contributed by atoms with van der Waals surface area (Å²) in [5.41, 5.74) is 2.11. The fourth-order valence-corrected chi connectivity index (χ4v) is 2.78. The summed E-state index contributed by atoms with van der Waals surface area (Å²) in [6.07, 6.45) is 4.39. The molecule has 1 unspecified atom stereocenters. The van der Waals surface area contributed by atoms with Crippen LogP contribution in [0.2, 0.25) is 0 Å². The van der Waals surface area contributed by atoms with Gasteiger partial charge in [0.05, 0.1) is 0 Å². The number of phenolic OH excluding ortho intramolecular Hbond substituents is 1. The molecule has 0 aromatic heterocycles. The molecule has 1 atom stereocenters. The summed E-state index contributed by atoms with van der Waals surface area (Å²) in [5, 5.41) is 9.54. The van der Waals surface area contributed by atoms with Gasteiger partial charge < -0.3 is 9.84 Å². The summed E-state index contributed by atoms with van der Waals surface area (Å²) in [5.74, 6) is 0.602. The van der Waals surface area contributed by atoms with Crippen LogP contribution in [0.3, 0.4) is 0 Å². The number of phenols is 1. The molecular formula is C17H24O3. The first-order chi connectivity index (χ1) is 9.33. The van der Waals surface area contributed by atoms with Crippen molar-refractivity contribution in [3.8, 4) is 5.75 Å². The first-order valence-electron chi connectivity index (χ1n) is 7.36. The number of hydrogen-bond acceptors (Lipinski definition) is 3. The van der Waals surface area contributed by atoms with E-state index in [1.54, 1.807) is 6.07 Å². The van der Waals surface area contributed by atoms with Crippen LogP contribution >= 0.6 is 0 Å². The van der Waals surface area contributed by atoms with E-state index in [4.69, 9.17) is 4.74 Å². The maximum Gasteiger partial charge on any atom is 0.306 e. The van der Waals surface area contributed by atoms with E-state index in [0.717, 1.165) is 25.7 Å². The molecule has 110 valence electrons. The van der Waals surface area contributed by atoms with Crippen LogP contribution < -0.4 is 0 Å². The molecule has 1 aromatic rings. The van der Waals surface area contributed by atoms with Gasteiger partial charge in [-0.05, 0) is 75.6 Å². The second-order valence-electron chi connectivity index (χ2n) is 6.69. The Labute approximate surface area is 121 Å². The lowest BCUT2D eigenvalue weighted by Crippen LogP contribution is -2.25. The number of rotatable bonds is 2. The van der Waals surface area contributed by atoms with Crippen molar-refractivity contribution in [3.63, 3.8) is 0 Å². The number of carbonyl (C=O) groups excluding carboxylic acids is 1. The molecule has 0 radical (unpaired) electrons. The molecule has 0 bridgehead atoms. The third-order valence-electron chi connectivity index (χ3n) is 3.71. The van der Waals surface area contributed by atoms with Crippen LogP contribution in [0.25, 0.3) is 0 Å². The average Bonchev–Trinajstić information content (AvgIpc) is 2.49. The number of hydrogen-bond donors (Lipinski definition) is 1. The second-order valence-corrected chi connectivity index (χ2v) is 6.69. The third kappa shape index (κ3) is 4.26. The van der Waals surface area contributed by atoms with Crippen molar-refractivity contribution in [1.82, 2.24) is 0 Å². The first kappa shape index (κ1) is 14.9. The molecular weight excluding hydrogens is 252 g/mol. The zero-order chi connectivity index (χ0) is 14.8. The lowest BCUT2D eigenvalue weighted by Gasteiger charge is -2.21. The van der Waals surface area contributed by atoms with Crippen LogP contribution in [0.15, 0.2) is 18.2 Å².